The van der Waals surface area contributed by atoms with Gasteiger partial charge in [0.05, 0.1) is 23.2 Å². The minimum Gasteiger partial charge on any atom is -0.335 e. The molecule has 3 aromatic rings. The Kier molecular flexibility index (Phi) is 6.08. The number of aromatic nitrogens is 2. The number of nitrogens with zero attached hydrogens (tertiary/aromatic N) is 5. The summed E-state index contributed by atoms with van der Waals surface area (Å²) < 4.78 is 15.1. The van der Waals surface area contributed by atoms with Gasteiger partial charge < -0.3 is 4.90 Å². The Bertz CT molecular complexity index is 1120. The third-order valence-corrected chi connectivity index (χ3v) is 6.96. The first kappa shape index (κ1) is 21.5. The van der Waals surface area contributed by atoms with Gasteiger partial charge in [0.2, 0.25) is 0 Å². The molecule has 0 spiro atoms. The molecule has 6 nitrogen and oxygen atoms in total. The Labute approximate surface area is 185 Å². The van der Waals surface area contributed by atoms with Crippen LogP contribution in [0.5, 0.6) is 0 Å². The van der Waals surface area contributed by atoms with E-state index in [4.69, 9.17) is 0 Å². The normalized spacial score (nSPS) is 16.1. The summed E-state index contributed by atoms with van der Waals surface area (Å²) in [6, 6.07) is 10.6. The van der Waals surface area contributed by atoms with E-state index < -0.39 is 0 Å². The van der Waals surface area contributed by atoms with Crippen LogP contribution < -0.4 is 0 Å². The summed E-state index contributed by atoms with van der Waals surface area (Å²) in [5, 5.41) is 15.0. The van der Waals surface area contributed by atoms with Crippen LogP contribution in [0.2, 0.25) is 0 Å². The molecule has 1 atom stereocenters. The van der Waals surface area contributed by atoms with Gasteiger partial charge in [-0.05, 0) is 36.6 Å². The smallest absolute Gasteiger partial charge is 0.264 e. The number of nitriles is 1. The average Bonchev–Trinajstić information content (AvgIpc) is 3.31. The van der Waals surface area contributed by atoms with Crippen molar-refractivity contribution >= 4 is 27.5 Å². The molecule has 1 aliphatic heterocycles. The second kappa shape index (κ2) is 8.77. The molecule has 1 aromatic carbocycles. The van der Waals surface area contributed by atoms with Crippen LogP contribution in [-0.4, -0.2) is 57.7 Å². The number of thiophene rings is 1. The van der Waals surface area contributed by atoms with Crippen molar-refractivity contribution in [2.24, 2.45) is 5.92 Å². The number of carbonyl (C=O) groups is 1. The molecule has 0 radical (unpaired) electrons. The van der Waals surface area contributed by atoms with Crippen molar-refractivity contribution < 1.29 is 9.18 Å². The molecule has 3 heterocycles. The van der Waals surface area contributed by atoms with Crippen LogP contribution in [-0.2, 0) is 6.54 Å². The fraction of sp³-hybridized carbons (Fsp3) is 0.435. The second-order valence-corrected chi connectivity index (χ2v) is 9.38. The Morgan fingerprint density at radius 1 is 1.23 bits per heavy atom. The van der Waals surface area contributed by atoms with Crippen LogP contribution in [0.25, 0.3) is 10.2 Å². The number of hydrogen-bond donors (Lipinski definition) is 0. The molecule has 1 fully saturated rings. The molecule has 4 rings (SSSR count). The van der Waals surface area contributed by atoms with Crippen molar-refractivity contribution in [2.45, 2.75) is 33.4 Å². The minimum atomic E-state index is -0.260. The molecule has 1 aliphatic rings. The maximum absolute atomic E-state index is 13.2. The molecule has 1 saturated heterocycles. The summed E-state index contributed by atoms with van der Waals surface area (Å²) >= 11 is 1.45. The number of hydrogen-bond acceptors (Lipinski definition) is 5. The van der Waals surface area contributed by atoms with E-state index in [1.54, 1.807) is 12.1 Å². The van der Waals surface area contributed by atoms with E-state index >= 15 is 0 Å². The first-order valence-corrected chi connectivity index (χ1v) is 11.3. The fourth-order valence-corrected chi connectivity index (χ4v) is 5.23. The van der Waals surface area contributed by atoms with Crippen LogP contribution in [0, 0.1) is 30.0 Å². The lowest BCUT2D eigenvalue weighted by Crippen LogP contribution is -2.52. The van der Waals surface area contributed by atoms with Crippen molar-refractivity contribution in [3.63, 3.8) is 0 Å². The predicted octanol–water partition coefficient (Wildman–Crippen LogP) is 3.90. The number of halogens is 1. The fourth-order valence-electron chi connectivity index (χ4n) is 4.10. The van der Waals surface area contributed by atoms with Gasteiger partial charge in [0.15, 0.2) is 0 Å². The number of piperazine rings is 1. The summed E-state index contributed by atoms with van der Waals surface area (Å²) in [5.41, 5.74) is 1.84. The Balaban J connectivity index is 1.49. The molecule has 1 amide bonds. The topological polar surface area (TPSA) is 65.2 Å². The number of carbonyl (C=O) groups excluding carboxylic acids is 1. The average molecular weight is 440 g/mol. The number of amides is 1. The summed E-state index contributed by atoms with van der Waals surface area (Å²) in [6.07, 6.45) is 0. The molecule has 1 unspecified atom stereocenters. The van der Waals surface area contributed by atoms with E-state index in [0.717, 1.165) is 21.5 Å². The van der Waals surface area contributed by atoms with Gasteiger partial charge in [-0.3, -0.25) is 14.4 Å². The molecule has 31 heavy (non-hydrogen) atoms. The van der Waals surface area contributed by atoms with E-state index in [1.807, 2.05) is 22.6 Å². The summed E-state index contributed by atoms with van der Waals surface area (Å²) in [5.74, 6) is 0.0395. The van der Waals surface area contributed by atoms with Crippen molar-refractivity contribution in [1.82, 2.24) is 19.6 Å². The molecule has 2 aromatic heterocycles. The zero-order valence-corrected chi connectivity index (χ0v) is 18.8. The largest absolute Gasteiger partial charge is 0.335 e. The molecule has 0 N–H and O–H groups in total. The summed E-state index contributed by atoms with van der Waals surface area (Å²) in [4.78, 5) is 18.9. The first-order chi connectivity index (χ1) is 14.9. The van der Waals surface area contributed by atoms with Crippen molar-refractivity contribution in [3.05, 3.63) is 52.3 Å². The van der Waals surface area contributed by atoms with Gasteiger partial charge in [0.25, 0.3) is 5.91 Å². The van der Waals surface area contributed by atoms with Gasteiger partial charge in [-0.15, -0.1) is 11.3 Å². The Hall–Kier alpha value is -2.76. The highest BCUT2D eigenvalue weighted by molar-refractivity contribution is 7.20. The molecule has 162 valence electrons. The molecule has 0 aliphatic carbocycles. The zero-order chi connectivity index (χ0) is 22.1. The van der Waals surface area contributed by atoms with E-state index in [2.05, 4.69) is 29.9 Å². The highest BCUT2D eigenvalue weighted by atomic mass is 32.1. The Morgan fingerprint density at radius 2 is 1.90 bits per heavy atom. The number of benzene rings is 1. The highest BCUT2D eigenvalue weighted by Crippen LogP contribution is 2.30. The number of aryl methyl sites for hydroxylation is 1. The van der Waals surface area contributed by atoms with Crippen molar-refractivity contribution in [2.75, 3.05) is 26.2 Å². The SMILES string of the molecule is Cc1nn(Cc2ccc(F)cc2)c2sc(C(=O)N3CCN(C(C#N)C(C)C)CC3)cc12. The van der Waals surface area contributed by atoms with E-state index in [9.17, 15) is 14.4 Å². The van der Waals surface area contributed by atoms with E-state index in [0.29, 0.717) is 37.6 Å². The molecule has 0 bridgehead atoms. The lowest BCUT2D eigenvalue weighted by atomic mass is 10.0. The van der Waals surface area contributed by atoms with Gasteiger partial charge in [-0.2, -0.15) is 10.4 Å². The number of rotatable bonds is 5. The Morgan fingerprint density at radius 3 is 2.52 bits per heavy atom. The van der Waals surface area contributed by atoms with Gasteiger partial charge in [-0.25, -0.2) is 4.39 Å². The van der Waals surface area contributed by atoms with Gasteiger partial charge in [0, 0.05) is 31.6 Å². The van der Waals surface area contributed by atoms with E-state index in [1.165, 1.54) is 23.5 Å². The van der Waals surface area contributed by atoms with Gasteiger partial charge in [0.1, 0.15) is 16.7 Å². The number of fused-ring (bicyclic) bond motifs is 1. The summed E-state index contributed by atoms with van der Waals surface area (Å²) in [7, 11) is 0. The monoisotopic (exact) mass is 439 g/mol. The van der Waals surface area contributed by atoms with Gasteiger partial charge >= 0.3 is 0 Å². The van der Waals surface area contributed by atoms with E-state index in [-0.39, 0.29) is 23.7 Å². The molecular formula is C23H26FN5OS. The van der Waals surface area contributed by atoms with Crippen LogP contribution in [0.1, 0.15) is 34.8 Å². The lowest BCUT2D eigenvalue weighted by molar-refractivity contribution is 0.0581. The third kappa shape index (κ3) is 4.34. The van der Waals surface area contributed by atoms with Crippen LogP contribution in [0.4, 0.5) is 4.39 Å². The van der Waals surface area contributed by atoms with Crippen LogP contribution >= 0.6 is 11.3 Å². The van der Waals surface area contributed by atoms with Crippen LogP contribution in [0.3, 0.4) is 0 Å². The maximum atomic E-state index is 13.2. The third-order valence-electron chi connectivity index (χ3n) is 5.82. The zero-order valence-electron chi connectivity index (χ0n) is 18.0. The predicted molar refractivity (Wildman–Crippen MR) is 120 cm³/mol. The highest BCUT2D eigenvalue weighted by Gasteiger charge is 2.29. The summed E-state index contributed by atoms with van der Waals surface area (Å²) in [6.45, 7) is 9.26. The first-order valence-electron chi connectivity index (χ1n) is 10.5. The van der Waals surface area contributed by atoms with Crippen LogP contribution in [0.15, 0.2) is 30.3 Å². The van der Waals surface area contributed by atoms with Crippen molar-refractivity contribution in [3.8, 4) is 6.07 Å². The molecular weight excluding hydrogens is 413 g/mol. The minimum absolute atomic E-state index is 0.0339. The quantitative estimate of drug-likeness (QED) is 0.605. The standard InChI is InChI=1S/C23H26FN5OS/c1-15(2)20(13-25)27-8-10-28(11-9-27)22(30)21-12-19-16(3)26-29(23(19)31-21)14-17-4-6-18(24)7-5-17/h4-7,12,15,20H,8-11,14H2,1-3H3. The maximum Gasteiger partial charge on any atom is 0.264 e. The lowest BCUT2D eigenvalue weighted by Gasteiger charge is -2.38. The molecule has 0 saturated carbocycles. The van der Waals surface area contributed by atoms with Crippen molar-refractivity contribution in [1.29, 1.82) is 5.26 Å². The molecule has 8 heteroatoms. The van der Waals surface area contributed by atoms with Gasteiger partial charge in [-0.1, -0.05) is 26.0 Å². The second-order valence-electron chi connectivity index (χ2n) is 8.35.